The Morgan fingerprint density at radius 2 is 1.86 bits per heavy atom. The van der Waals surface area contributed by atoms with Crippen LogP contribution >= 0.6 is 0 Å². The molecule has 0 aliphatic rings. The lowest BCUT2D eigenvalue weighted by Crippen LogP contribution is -2.09. The van der Waals surface area contributed by atoms with Gasteiger partial charge in [0.05, 0.1) is 28.0 Å². The number of rotatable bonds is 3. The number of halogens is 2. The van der Waals surface area contributed by atoms with Gasteiger partial charge in [0.2, 0.25) is 0 Å². The summed E-state index contributed by atoms with van der Waals surface area (Å²) < 4.78 is 51.3. The third-order valence-electron chi connectivity index (χ3n) is 2.83. The predicted octanol–water partition coefficient (Wildman–Crippen LogP) is 2.39. The summed E-state index contributed by atoms with van der Waals surface area (Å²) in [5.74, 6) is -2.22. The first-order valence-corrected chi connectivity index (χ1v) is 7.45. The van der Waals surface area contributed by atoms with Crippen LogP contribution in [0.5, 0.6) is 0 Å². The minimum absolute atomic E-state index is 0.117. The molecule has 0 aliphatic carbocycles. The monoisotopic (exact) mass is 308 g/mol. The molecule has 0 fully saturated rings. The number of anilines is 1. The number of hydrogen-bond donors (Lipinski definition) is 1. The Bertz CT molecular complexity index is 843. The quantitative estimate of drug-likeness (QED) is 0.882. The molecule has 2 aromatic rings. The summed E-state index contributed by atoms with van der Waals surface area (Å²) in [6.07, 6.45) is 0. The summed E-state index contributed by atoms with van der Waals surface area (Å²) in [6, 6.07) is 8.14. The van der Waals surface area contributed by atoms with E-state index >= 15 is 0 Å². The van der Waals surface area contributed by atoms with Crippen LogP contribution in [-0.4, -0.2) is 8.42 Å². The number of nitriles is 1. The average molecular weight is 308 g/mol. The third kappa shape index (κ3) is 3.17. The number of nitrogens with two attached hydrogens (primary N) is 1. The molecule has 2 aromatic carbocycles. The maximum atomic E-state index is 13.7. The number of benzene rings is 2. The Labute approximate surface area is 120 Å². The lowest BCUT2D eigenvalue weighted by atomic mass is 10.1. The summed E-state index contributed by atoms with van der Waals surface area (Å²) in [5.41, 5.74) is 5.38. The lowest BCUT2D eigenvalue weighted by Gasteiger charge is -2.08. The Balaban J connectivity index is 2.47. The average Bonchev–Trinajstić information content (AvgIpc) is 2.43. The van der Waals surface area contributed by atoms with Gasteiger partial charge < -0.3 is 5.73 Å². The molecule has 4 nitrogen and oxygen atoms in total. The van der Waals surface area contributed by atoms with Gasteiger partial charge in [-0.15, -0.1) is 0 Å². The largest absolute Gasteiger partial charge is 0.398 e. The van der Waals surface area contributed by atoms with E-state index in [9.17, 15) is 17.2 Å². The molecule has 2 rings (SSSR count). The first-order chi connectivity index (χ1) is 9.83. The van der Waals surface area contributed by atoms with E-state index < -0.39 is 32.1 Å². The van der Waals surface area contributed by atoms with E-state index in [2.05, 4.69) is 0 Å². The molecule has 2 N–H and O–H groups in total. The van der Waals surface area contributed by atoms with Gasteiger partial charge in [-0.05, 0) is 36.4 Å². The van der Waals surface area contributed by atoms with Gasteiger partial charge in [0, 0.05) is 5.56 Å². The van der Waals surface area contributed by atoms with Crippen molar-refractivity contribution in [3.05, 3.63) is 59.2 Å². The van der Waals surface area contributed by atoms with E-state index in [0.717, 1.165) is 30.3 Å². The van der Waals surface area contributed by atoms with Crippen molar-refractivity contribution >= 4 is 15.5 Å². The molecule has 21 heavy (non-hydrogen) atoms. The van der Waals surface area contributed by atoms with Gasteiger partial charge in [-0.1, -0.05) is 0 Å². The van der Waals surface area contributed by atoms with Crippen molar-refractivity contribution in [1.82, 2.24) is 0 Å². The Kier molecular flexibility index (Phi) is 3.91. The molecule has 0 saturated heterocycles. The highest BCUT2D eigenvalue weighted by Crippen LogP contribution is 2.24. The number of nitrogen functional groups attached to an aromatic ring is 1. The molecular formula is C14H10F2N2O2S. The zero-order valence-electron chi connectivity index (χ0n) is 10.7. The maximum absolute atomic E-state index is 13.7. The zero-order chi connectivity index (χ0) is 15.6. The molecule has 0 atom stereocenters. The summed E-state index contributed by atoms with van der Waals surface area (Å²) >= 11 is 0. The second-order valence-electron chi connectivity index (χ2n) is 4.36. The normalized spacial score (nSPS) is 11.1. The molecule has 0 amide bonds. The van der Waals surface area contributed by atoms with Crippen LogP contribution in [0, 0.1) is 23.0 Å². The van der Waals surface area contributed by atoms with Crippen molar-refractivity contribution < 1.29 is 17.2 Å². The SMILES string of the molecule is N#Cc1ccc(F)c(CS(=O)(=O)c2cc(F)ccc2N)c1. The first-order valence-electron chi connectivity index (χ1n) is 5.80. The predicted molar refractivity (Wildman–Crippen MR) is 72.8 cm³/mol. The van der Waals surface area contributed by atoms with Crippen LogP contribution in [0.2, 0.25) is 0 Å². The number of hydrogen-bond acceptors (Lipinski definition) is 4. The fraction of sp³-hybridized carbons (Fsp3) is 0.0714. The Morgan fingerprint density at radius 3 is 2.52 bits per heavy atom. The van der Waals surface area contributed by atoms with Crippen molar-refractivity contribution in [2.75, 3.05) is 5.73 Å². The van der Waals surface area contributed by atoms with Crippen molar-refractivity contribution in [2.45, 2.75) is 10.6 Å². The molecule has 0 radical (unpaired) electrons. The lowest BCUT2D eigenvalue weighted by molar-refractivity contribution is 0.584. The number of nitrogens with zero attached hydrogens (tertiary/aromatic N) is 1. The molecule has 7 heteroatoms. The van der Waals surface area contributed by atoms with Crippen molar-refractivity contribution in [3.8, 4) is 6.07 Å². The third-order valence-corrected chi connectivity index (χ3v) is 4.55. The highest BCUT2D eigenvalue weighted by atomic mass is 32.2. The highest BCUT2D eigenvalue weighted by Gasteiger charge is 2.21. The van der Waals surface area contributed by atoms with Gasteiger partial charge in [0.1, 0.15) is 11.6 Å². The van der Waals surface area contributed by atoms with Crippen LogP contribution in [0.25, 0.3) is 0 Å². The summed E-state index contributed by atoms with van der Waals surface area (Å²) in [7, 11) is -4.03. The zero-order valence-corrected chi connectivity index (χ0v) is 11.5. The highest BCUT2D eigenvalue weighted by molar-refractivity contribution is 7.90. The van der Waals surface area contributed by atoms with E-state index in [4.69, 9.17) is 11.0 Å². The molecule has 0 saturated carbocycles. The van der Waals surface area contributed by atoms with Gasteiger partial charge in [-0.3, -0.25) is 0 Å². The minimum Gasteiger partial charge on any atom is -0.398 e. The minimum atomic E-state index is -4.03. The van der Waals surface area contributed by atoms with Crippen LogP contribution in [0.4, 0.5) is 14.5 Å². The molecular weight excluding hydrogens is 298 g/mol. The fourth-order valence-corrected chi connectivity index (χ4v) is 3.32. The molecule has 0 heterocycles. The van der Waals surface area contributed by atoms with Gasteiger partial charge in [0.25, 0.3) is 0 Å². The Morgan fingerprint density at radius 1 is 1.14 bits per heavy atom. The van der Waals surface area contributed by atoms with Gasteiger partial charge in [0.15, 0.2) is 9.84 Å². The summed E-state index contributed by atoms with van der Waals surface area (Å²) in [5, 5.41) is 8.76. The molecule has 0 bridgehead atoms. The fourth-order valence-electron chi connectivity index (χ4n) is 1.81. The standard InChI is InChI=1S/C14H10F2N2O2S/c15-11-2-4-13(18)14(6-11)21(19,20)8-10-5-9(7-17)1-3-12(10)16/h1-6H,8,18H2. The van der Waals surface area contributed by atoms with Crippen molar-refractivity contribution in [3.63, 3.8) is 0 Å². The van der Waals surface area contributed by atoms with E-state index in [1.54, 1.807) is 6.07 Å². The smallest absolute Gasteiger partial charge is 0.184 e. The van der Waals surface area contributed by atoms with Crippen LogP contribution < -0.4 is 5.73 Å². The molecule has 0 unspecified atom stereocenters. The number of sulfone groups is 1. The van der Waals surface area contributed by atoms with E-state index in [1.807, 2.05) is 0 Å². The topological polar surface area (TPSA) is 84.0 Å². The Hall–Kier alpha value is -2.46. The van der Waals surface area contributed by atoms with Crippen LogP contribution in [0.1, 0.15) is 11.1 Å². The summed E-state index contributed by atoms with van der Waals surface area (Å²) in [6.45, 7) is 0. The van der Waals surface area contributed by atoms with Crippen molar-refractivity contribution in [2.24, 2.45) is 0 Å². The van der Waals surface area contributed by atoms with E-state index in [0.29, 0.717) is 0 Å². The van der Waals surface area contributed by atoms with E-state index in [1.165, 1.54) is 6.07 Å². The second kappa shape index (κ2) is 5.50. The van der Waals surface area contributed by atoms with Gasteiger partial charge >= 0.3 is 0 Å². The van der Waals surface area contributed by atoms with Gasteiger partial charge in [-0.2, -0.15) is 5.26 Å². The maximum Gasteiger partial charge on any atom is 0.184 e. The molecule has 0 aliphatic heterocycles. The molecule has 108 valence electrons. The van der Waals surface area contributed by atoms with E-state index in [-0.39, 0.29) is 16.8 Å². The summed E-state index contributed by atoms with van der Waals surface area (Å²) in [4.78, 5) is -0.399. The molecule has 0 aromatic heterocycles. The van der Waals surface area contributed by atoms with Crippen molar-refractivity contribution in [1.29, 1.82) is 5.26 Å². The van der Waals surface area contributed by atoms with Crippen LogP contribution in [0.3, 0.4) is 0 Å². The first kappa shape index (κ1) is 14.9. The van der Waals surface area contributed by atoms with Crippen LogP contribution in [-0.2, 0) is 15.6 Å². The van der Waals surface area contributed by atoms with Gasteiger partial charge in [-0.25, -0.2) is 17.2 Å². The molecule has 0 spiro atoms. The van der Waals surface area contributed by atoms with Crippen LogP contribution in [0.15, 0.2) is 41.3 Å². The second-order valence-corrected chi connectivity index (χ2v) is 6.32.